The molecule has 32 heavy (non-hydrogen) atoms. The summed E-state index contributed by atoms with van der Waals surface area (Å²) in [5, 5.41) is 11.3. The second-order valence-electron chi connectivity index (χ2n) is 11.2. The van der Waals surface area contributed by atoms with E-state index in [0.717, 1.165) is 83.3 Å². The van der Waals surface area contributed by atoms with Crippen LogP contribution in [0.15, 0.2) is 12.1 Å². The lowest BCUT2D eigenvalue weighted by Gasteiger charge is -2.38. The van der Waals surface area contributed by atoms with Gasteiger partial charge in [-0.3, -0.25) is 4.98 Å². The van der Waals surface area contributed by atoms with Crippen LogP contribution in [0.1, 0.15) is 123 Å². The Morgan fingerprint density at radius 3 is 2.47 bits per heavy atom. The molecule has 3 aliphatic rings. The lowest BCUT2D eigenvalue weighted by atomic mass is 9.70. The third-order valence-corrected chi connectivity index (χ3v) is 8.74. The molecule has 174 valence electrons. The summed E-state index contributed by atoms with van der Waals surface area (Å²) in [5.41, 5.74) is 4.67. The average molecular weight is 462 g/mol. The van der Waals surface area contributed by atoms with Crippen molar-refractivity contribution >= 4 is 11.3 Å². The smallest absolute Gasteiger partial charge is 0.279 e. The van der Waals surface area contributed by atoms with Crippen LogP contribution in [0.25, 0.3) is 0 Å². The van der Waals surface area contributed by atoms with Crippen LogP contribution in [0.5, 0.6) is 0 Å². The molecule has 5 rings (SSSR count). The summed E-state index contributed by atoms with van der Waals surface area (Å²) in [6, 6.07) is 3.32. The van der Waals surface area contributed by atoms with Gasteiger partial charge in [0.25, 0.3) is 5.92 Å². The average Bonchev–Trinajstić information content (AvgIpc) is 3.39. The molecule has 0 amide bonds. The van der Waals surface area contributed by atoms with Crippen molar-refractivity contribution in [2.24, 2.45) is 5.41 Å². The van der Waals surface area contributed by atoms with E-state index in [1.54, 1.807) is 6.07 Å². The fourth-order valence-corrected chi connectivity index (χ4v) is 7.09. The SMILES string of the molecule is CC(C)c1nc2c(c3c1C(c1ccc(C(C)(F)F)s1)OC31CCCC1)C(O)CC(C)(C)C2. The first-order valence-electron chi connectivity index (χ1n) is 11.8. The monoisotopic (exact) mass is 461 g/mol. The summed E-state index contributed by atoms with van der Waals surface area (Å²) in [6.07, 6.45) is 4.51. The molecule has 0 saturated heterocycles. The fourth-order valence-electron chi connectivity index (χ4n) is 6.11. The quantitative estimate of drug-likeness (QED) is 0.522. The Labute approximate surface area is 193 Å². The van der Waals surface area contributed by atoms with Gasteiger partial charge in [-0.15, -0.1) is 11.3 Å². The van der Waals surface area contributed by atoms with E-state index in [2.05, 4.69) is 27.7 Å². The lowest BCUT2D eigenvalue weighted by Crippen LogP contribution is -2.32. The van der Waals surface area contributed by atoms with Crippen molar-refractivity contribution in [3.05, 3.63) is 50.0 Å². The molecule has 1 saturated carbocycles. The van der Waals surface area contributed by atoms with E-state index >= 15 is 0 Å². The van der Waals surface area contributed by atoms with Crippen LogP contribution in [-0.2, 0) is 22.7 Å². The van der Waals surface area contributed by atoms with Gasteiger partial charge in [-0.25, -0.2) is 8.78 Å². The predicted octanol–water partition coefficient (Wildman–Crippen LogP) is 7.27. The van der Waals surface area contributed by atoms with E-state index in [1.807, 2.05) is 0 Å². The number of hydrogen-bond acceptors (Lipinski definition) is 4. The second kappa shape index (κ2) is 7.31. The lowest BCUT2D eigenvalue weighted by molar-refractivity contribution is -0.0568. The fraction of sp³-hybridized carbons (Fsp3) is 0.654. The minimum Gasteiger partial charge on any atom is -0.388 e. The Balaban J connectivity index is 1.76. The Bertz CT molecular complexity index is 1050. The molecular weight excluding hydrogens is 428 g/mol. The summed E-state index contributed by atoms with van der Waals surface area (Å²) in [5.74, 6) is -2.70. The van der Waals surface area contributed by atoms with Gasteiger partial charge in [-0.05, 0) is 54.7 Å². The zero-order valence-corrected chi connectivity index (χ0v) is 20.4. The van der Waals surface area contributed by atoms with E-state index in [9.17, 15) is 13.9 Å². The molecule has 1 fully saturated rings. The second-order valence-corrected chi connectivity index (χ2v) is 12.3. The van der Waals surface area contributed by atoms with Crippen LogP contribution in [0.4, 0.5) is 8.78 Å². The number of nitrogens with zero attached hydrogens (tertiary/aromatic N) is 1. The Morgan fingerprint density at radius 2 is 1.88 bits per heavy atom. The van der Waals surface area contributed by atoms with Crippen LogP contribution in [0, 0.1) is 5.41 Å². The van der Waals surface area contributed by atoms with Crippen molar-refractivity contribution < 1.29 is 18.6 Å². The van der Waals surface area contributed by atoms with Crippen molar-refractivity contribution in [1.29, 1.82) is 0 Å². The van der Waals surface area contributed by atoms with Crippen LogP contribution in [0.2, 0.25) is 0 Å². The van der Waals surface area contributed by atoms with Gasteiger partial charge >= 0.3 is 0 Å². The van der Waals surface area contributed by atoms with E-state index < -0.39 is 23.7 Å². The van der Waals surface area contributed by atoms with Crippen LogP contribution in [0.3, 0.4) is 0 Å². The van der Waals surface area contributed by atoms with Crippen molar-refractivity contribution in [3.63, 3.8) is 0 Å². The van der Waals surface area contributed by atoms with Crippen LogP contribution < -0.4 is 0 Å². The van der Waals surface area contributed by atoms with Gasteiger partial charge in [0, 0.05) is 34.3 Å². The molecule has 0 aromatic carbocycles. The number of pyridine rings is 1. The number of ether oxygens (including phenoxy) is 1. The molecule has 0 radical (unpaired) electrons. The first-order chi connectivity index (χ1) is 14.9. The zero-order chi connectivity index (χ0) is 23.1. The third kappa shape index (κ3) is 3.45. The van der Waals surface area contributed by atoms with Crippen molar-refractivity contribution in [3.8, 4) is 0 Å². The summed E-state index contributed by atoms with van der Waals surface area (Å²) in [6.45, 7) is 9.59. The van der Waals surface area contributed by atoms with Gasteiger partial charge in [0.1, 0.15) is 6.10 Å². The largest absolute Gasteiger partial charge is 0.388 e. The first kappa shape index (κ1) is 22.4. The number of rotatable bonds is 3. The number of hydrogen-bond donors (Lipinski definition) is 1. The van der Waals surface area contributed by atoms with Gasteiger partial charge in [-0.2, -0.15) is 0 Å². The van der Waals surface area contributed by atoms with Crippen LogP contribution in [-0.4, -0.2) is 10.1 Å². The van der Waals surface area contributed by atoms with Gasteiger partial charge in [-0.1, -0.05) is 40.5 Å². The number of halogens is 2. The normalized spacial score (nSPS) is 26.0. The Hall–Kier alpha value is -1.37. The van der Waals surface area contributed by atoms with Crippen LogP contribution >= 0.6 is 11.3 Å². The van der Waals surface area contributed by atoms with E-state index in [0.29, 0.717) is 6.42 Å². The highest BCUT2D eigenvalue weighted by molar-refractivity contribution is 7.12. The summed E-state index contributed by atoms with van der Waals surface area (Å²) in [4.78, 5) is 6.00. The van der Waals surface area contributed by atoms with Gasteiger partial charge in [0.05, 0.1) is 16.6 Å². The van der Waals surface area contributed by atoms with E-state index in [1.165, 1.54) is 6.07 Å². The molecule has 1 spiro atoms. The minimum atomic E-state index is -2.87. The van der Waals surface area contributed by atoms with Crippen molar-refractivity contribution in [1.82, 2.24) is 4.98 Å². The van der Waals surface area contributed by atoms with E-state index in [-0.39, 0.29) is 16.2 Å². The first-order valence-corrected chi connectivity index (χ1v) is 12.6. The van der Waals surface area contributed by atoms with Gasteiger partial charge in [0.2, 0.25) is 0 Å². The molecule has 3 nitrogen and oxygen atoms in total. The highest BCUT2D eigenvalue weighted by atomic mass is 32.1. The maximum absolute atomic E-state index is 14.0. The molecule has 3 heterocycles. The molecule has 6 heteroatoms. The number of aliphatic hydroxyl groups excluding tert-OH is 1. The molecule has 0 bridgehead atoms. The summed E-state index contributed by atoms with van der Waals surface area (Å²) < 4.78 is 34.9. The number of fused-ring (bicyclic) bond motifs is 4. The molecule has 1 aliphatic heterocycles. The molecule has 2 atom stereocenters. The van der Waals surface area contributed by atoms with Crippen molar-refractivity contribution in [2.75, 3.05) is 0 Å². The number of aliphatic hydroxyl groups is 1. The summed E-state index contributed by atoms with van der Waals surface area (Å²) >= 11 is 1.14. The number of alkyl halides is 2. The Kier molecular flexibility index (Phi) is 5.12. The highest BCUT2D eigenvalue weighted by Gasteiger charge is 2.53. The number of aromatic nitrogens is 1. The molecular formula is C26H33F2NO2S. The van der Waals surface area contributed by atoms with Gasteiger partial charge < -0.3 is 9.84 Å². The molecule has 1 N–H and O–H groups in total. The number of thiophene rings is 1. The summed E-state index contributed by atoms with van der Waals surface area (Å²) in [7, 11) is 0. The molecule has 2 aromatic heterocycles. The molecule has 2 aliphatic carbocycles. The highest BCUT2D eigenvalue weighted by Crippen LogP contribution is 2.60. The third-order valence-electron chi connectivity index (χ3n) is 7.44. The topological polar surface area (TPSA) is 42.4 Å². The predicted molar refractivity (Wildman–Crippen MR) is 122 cm³/mol. The molecule has 2 unspecified atom stereocenters. The Morgan fingerprint density at radius 1 is 1.19 bits per heavy atom. The van der Waals surface area contributed by atoms with Crippen molar-refractivity contribution in [2.45, 2.75) is 103 Å². The van der Waals surface area contributed by atoms with Gasteiger partial charge in [0.15, 0.2) is 0 Å². The maximum atomic E-state index is 14.0. The van der Waals surface area contributed by atoms with E-state index in [4.69, 9.17) is 9.72 Å². The maximum Gasteiger partial charge on any atom is 0.279 e. The standard InChI is InChI=1S/C26H33F2NO2S/c1-14(2)22-20-21(19-15(29-22)12-24(3,4)13-16(19)30)26(10-6-7-11-26)31-23(20)17-8-9-18(32-17)25(5,27)28/h8-9,14,16,23,30H,6-7,10-13H2,1-5H3. The molecule has 2 aromatic rings. The zero-order valence-electron chi connectivity index (χ0n) is 19.6. The minimum absolute atomic E-state index is 0.0149.